The molecule has 4 nitrogen and oxygen atoms in total. The van der Waals surface area contributed by atoms with E-state index in [1.54, 1.807) is 0 Å². The van der Waals surface area contributed by atoms with Gasteiger partial charge < -0.3 is 14.6 Å². The van der Waals surface area contributed by atoms with Crippen LogP contribution in [0.15, 0.2) is 0 Å². The summed E-state index contributed by atoms with van der Waals surface area (Å²) < 4.78 is 9.57. The fourth-order valence-electron chi connectivity index (χ4n) is 2.01. The van der Waals surface area contributed by atoms with Crippen LogP contribution in [-0.4, -0.2) is 66.6 Å². The number of carbonyl (C=O) groups excluding carboxylic acids is 1. The van der Waals surface area contributed by atoms with Crippen LogP contribution in [0.1, 0.15) is 85.5 Å². The molecule has 0 aromatic carbocycles. The molecule has 23 heavy (non-hydrogen) atoms. The van der Waals surface area contributed by atoms with Crippen LogP contribution in [-0.2, 0) is 14.3 Å². The van der Waals surface area contributed by atoms with E-state index in [2.05, 4.69) is 6.92 Å². The van der Waals surface area contributed by atoms with Crippen molar-refractivity contribution in [1.29, 1.82) is 0 Å². The molecular weight excluding hydrogens is 303 g/mol. The summed E-state index contributed by atoms with van der Waals surface area (Å²) in [6, 6.07) is 0. The first-order chi connectivity index (χ1) is 10.6. The van der Waals surface area contributed by atoms with Crippen molar-refractivity contribution in [2.24, 2.45) is 0 Å². The number of hydrogen-bond donors (Lipinski definition) is 1. The maximum atomic E-state index is 10.5. The molecule has 0 spiro atoms. The van der Waals surface area contributed by atoms with Crippen LogP contribution in [0.25, 0.3) is 0 Å². The van der Waals surface area contributed by atoms with Crippen molar-refractivity contribution in [1.82, 2.24) is 0 Å². The first-order valence-electron chi connectivity index (χ1n) is 8.97. The van der Waals surface area contributed by atoms with Crippen LogP contribution in [0.2, 0.25) is 0 Å². The van der Waals surface area contributed by atoms with Gasteiger partial charge >= 0.3 is 35.5 Å². The minimum atomic E-state index is -0.487. The van der Waals surface area contributed by atoms with E-state index in [4.69, 9.17) is 9.47 Å². The number of unbranched alkanes of at least 4 members (excludes halogenated alkanes) is 7. The zero-order valence-corrected chi connectivity index (χ0v) is 15.2. The van der Waals surface area contributed by atoms with Crippen molar-refractivity contribution >= 4 is 35.5 Å². The van der Waals surface area contributed by atoms with Gasteiger partial charge in [0, 0.05) is 20.1 Å². The Hall–Kier alpha value is 0.390. The second kappa shape index (κ2) is 24.6. The topological polar surface area (TPSA) is 55.8 Å². The third-order valence-electron chi connectivity index (χ3n) is 3.28. The van der Waals surface area contributed by atoms with E-state index in [1.165, 1.54) is 51.9 Å². The quantitative estimate of drug-likeness (QED) is 0.314. The molecule has 0 bridgehead atoms. The van der Waals surface area contributed by atoms with Gasteiger partial charge in [0.25, 0.3) is 0 Å². The predicted molar refractivity (Wildman–Crippen MR) is 99.2 cm³/mol. The molecular formula is C18H39NaO4. The Labute approximate surface area is 166 Å². The van der Waals surface area contributed by atoms with E-state index in [9.17, 15) is 9.90 Å². The number of rotatable bonds is 13. The summed E-state index contributed by atoms with van der Waals surface area (Å²) in [6.07, 6.45) is 10.3. The number of esters is 1. The molecule has 1 atom stereocenters. The fourth-order valence-corrected chi connectivity index (χ4v) is 2.01. The summed E-state index contributed by atoms with van der Waals surface area (Å²) >= 11 is 0. The molecule has 0 radical (unpaired) electrons. The van der Waals surface area contributed by atoms with E-state index in [0.29, 0.717) is 0 Å². The van der Waals surface area contributed by atoms with Crippen molar-refractivity contribution in [2.75, 3.05) is 19.8 Å². The molecule has 0 amide bonds. The zero-order valence-electron chi connectivity index (χ0n) is 15.2. The minimum absolute atomic E-state index is 0. The Bertz CT molecular complexity index is 223. The molecule has 0 fully saturated rings. The Morgan fingerprint density at radius 2 is 1.39 bits per heavy atom. The van der Waals surface area contributed by atoms with Crippen LogP contribution in [0.3, 0.4) is 0 Å². The molecule has 0 aromatic heterocycles. The van der Waals surface area contributed by atoms with Gasteiger partial charge in [-0.3, -0.25) is 4.79 Å². The second-order valence-corrected chi connectivity index (χ2v) is 5.50. The SMILES string of the molecule is CCCCCCCCCCC(O)COC(C)=O.CCOCC.[NaH]. The molecule has 0 saturated carbocycles. The molecule has 5 heteroatoms. The van der Waals surface area contributed by atoms with Gasteiger partial charge in [0.05, 0.1) is 6.10 Å². The predicted octanol–water partition coefficient (Wildman–Crippen LogP) is 3.84. The normalized spacial score (nSPS) is 11.0. The Morgan fingerprint density at radius 1 is 0.913 bits per heavy atom. The monoisotopic (exact) mass is 342 g/mol. The maximum absolute atomic E-state index is 10.5. The average Bonchev–Trinajstić information content (AvgIpc) is 2.49. The van der Waals surface area contributed by atoms with Crippen LogP contribution >= 0.6 is 0 Å². The van der Waals surface area contributed by atoms with Gasteiger partial charge in [-0.2, -0.15) is 0 Å². The van der Waals surface area contributed by atoms with E-state index < -0.39 is 6.10 Å². The number of aliphatic hydroxyl groups excluding tert-OH is 1. The summed E-state index contributed by atoms with van der Waals surface area (Å²) in [5.74, 6) is -0.319. The summed E-state index contributed by atoms with van der Waals surface area (Å²) in [7, 11) is 0. The molecule has 0 aliphatic carbocycles. The first kappa shape index (κ1) is 28.2. The van der Waals surface area contributed by atoms with Crippen LogP contribution < -0.4 is 0 Å². The number of aliphatic hydroxyl groups is 1. The van der Waals surface area contributed by atoms with Crippen molar-refractivity contribution in [3.8, 4) is 0 Å². The van der Waals surface area contributed by atoms with Crippen molar-refractivity contribution in [3.05, 3.63) is 0 Å². The molecule has 0 rings (SSSR count). The molecule has 0 aliphatic rings. The molecule has 0 saturated heterocycles. The molecule has 1 N–H and O–H groups in total. The first-order valence-corrected chi connectivity index (χ1v) is 8.97. The van der Waals surface area contributed by atoms with Crippen LogP contribution in [0.5, 0.6) is 0 Å². The van der Waals surface area contributed by atoms with Gasteiger partial charge in [-0.05, 0) is 20.3 Å². The van der Waals surface area contributed by atoms with Crippen molar-refractivity contribution < 1.29 is 19.4 Å². The average molecular weight is 342 g/mol. The number of ether oxygens (including phenoxy) is 2. The van der Waals surface area contributed by atoms with Crippen molar-refractivity contribution in [2.45, 2.75) is 91.6 Å². The summed E-state index contributed by atoms with van der Waals surface area (Å²) in [4.78, 5) is 10.5. The Kier molecular flexibility index (Phi) is 30.2. The van der Waals surface area contributed by atoms with Gasteiger partial charge in [-0.1, -0.05) is 58.3 Å². The second-order valence-electron chi connectivity index (χ2n) is 5.50. The van der Waals surface area contributed by atoms with Crippen molar-refractivity contribution in [3.63, 3.8) is 0 Å². The molecule has 0 aliphatic heterocycles. The van der Waals surface area contributed by atoms with E-state index in [0.717, 1.165) is 26.1 Å². The summed E-state index contributed by atoms with van der Waals surface area (Å²) in [5.41, 5.74) is 0. The van der Waals surface area contributed by atoms with Crippen LogP contribution in [0.4, 0.5) is 0 Å². The fraction of sp³-hybridized carbons (Fsp3) is 0.944. The molecule has 0 aromatic rings. The third-order valence-corrected chi connectivity index (χ3v) is 3.28. The van der Waals surface area contributed by atoms with E-state index in [1.807, 2.05) is 13.8 Å². The van der Waals surface area contributed by atoms with Gasteiger partial charge in [0.1, 0.15) is 6.61 Å². The summed E-state index contributed by atoms with van der Waals surface area (Å²) in [6.45, 7) is 9.40. The molecule has 0 heterocycles. The molecule has 136 valence electrons. The number of hydrogen-bond acceptors (Lipinski definition) is 4. The van der Waals surface area contributed by atoms with E-state index in [-0.39, 0.29) is 42.1 Å². The van der Waals surface area contributed by atoms with Gasteiger partial charge in [0.2, 0.25) is 0 Å². The Morgan fingerprint density at radius 3 is 1.78 bits per heavy atom. The third kappa shape index (κ3) is 30.8. The zero-order chi connectivity index (χ0) is 17.1. The Balaban J connectivity index is -0.000000578. The summed E-state index contributed by atoms with van der Waals surface area (Å²) in [5, 5.41) is 9.49. The van der Waals surface area contributed by atoms with E-state index >= 15 is 0 Å². The van der Waals surface area contributed by atoms with Gasteiger partial charge in [0.15, 0.2) is 0 Å². The number of carbonyl (C=O) groups is 1. The van der Waals surface area contributed by atoms with Gasteiger partial charge in [-0.25, -0.2) is 0 Å². The van der Waals surface area contributed by atoms with Gasteiger partial charge in [-0.15, -0.1) is 0 Å². The standard InChI is InChI=1S/C14H28O3.C4H10O.Na.H/c1-3-4-5-6-7-8-9-10-11-14(16)12-17-13(2)15;1-3-5-4-2;;/h14,16H,3-12H2,1-2H3;3-4H2,1-2H3;;. The molecule has 1 unspecified atom stereocenters. The van der Waals surface area contributed by atoms with Crippen LogP contribution in [0, 0.1) is 0 Å².